The minimum atomic E-state index is -0.0463. The van der Waals surface area contributed by atoms with E-state index in [1.165, 1.54) is 0 Å². The van der Waals surface area contributed by atoms with Gasteiger partial charge in [0.1, 0.15) is 6.54 Å². The molecule has 1 heterocycles. The van der Waals surface area contributed by atoms with Crippen molar-refractivity contribution in [1.29, 1.82) is 0 Å². The van der Waals surface area contributed by atoms with E-state index in [0.717, 1.165) is 22.0 Å². The van der Waals surface area contributed by atoms with Crippen molar-refractivity contribution in [2.24, 2.45) is 0 Å². The number of hydrogen-bond acceptors (Lipinski definition) is 3. The second-order valence-electron chi connectivity index (χ2n) is 4.63. The number of aromatic nitrogens is 2. The zero-order valence-electron chi connectivity index (χ0n) is 11.9. The summed E-state index contributed by atoms with van der Waals surface area (Å²) in [6.07, 6.45) is 4.45. The average Bonchev–Trinajstić information content (AvgIpc) is 2.92. The molecule has 0 spiro atoms. The first-order valence-electron chi connectivity index (χ1n) is 6.73. The first-order chi connectivity index (χ1) is 10.2. The number of benzene rings is 1. The minimum absolute atomic E-state index is 0.0463. The molecule has 0 fully saturated rings. The fraction of sp³-hybridized carbons (Fsp3) is 0.333. The van der Waals surface area contributed by atoms with Crippen LogP contribution < -0.4 is 5.32 Å². The van der Waals surface area contributed by atoms with E-state index < -0.39 is 0 Å². The fourth-order valence-corrected chi connectivity index (χ4v) is 2.31. The molecule has 21 heavy (non-hydrogen) atoms. The second-order valence-corrected chi connectivity index (χ2v) is 5.55. The highest BCUT2D eigenvalue weighted by atomic mass is 79.9. The maximum absolute atomic E-state index is 11.8. The van der Waals surface area contributed by atoms with Gasteiger partial charge < -0.3 is 10.1 Å². The van der Waals surface area contributed by atoms with E-state index in [2.05, 4.69) is 26.3 Å². The van der Waals surface area contributed by atoms with Crippen LogP contribution in [0.3, 0.4) is 0 Å². The van der Waals surface area contributed by atoms with Crippen LogP contribution >= 0.6 is 15.9 Å². The zero-order chi connectivity index (χ0) is 15.1. The lowest BCUT2D eigenvalue weighted by atomic mass is 10.1. The van der Waals surface area contributed by atoms with Crippen LogP contribution in [0.2, 0.25) is 0 Å². The Balaban J connectivity index is 1.90. The van der Waals surface area contributed by atoms with Crippen LogP contribution in [-0.2, 0) is 16.1 Å². The van der Waals surface area contributed by atoms with Gasteiger partial charge in [-0.05, 0) is 24.1 Å². The molecule has 0 saturated heterocycles. The van der Waals surface area contributed by atoms with Gasteiger partial charge in [0.25, 0.3) is 0 Å². The van der Waals surface area contributed by atoms with Gasteiger partial charge in [-0.25, -0.2) is 0 Å². The van der Waals surface area contributed by atoms with Crippen molar-refractivity contribution in [2.75, 3.05) is 20.3 Å². The van der Waals surface area contributed by atoms with E-state index in [-0.39, 0.29) is 12.5 Å². The van der Waals surface area contributed by atoms with Crippen LogP contribution in [-0.4, -0.2) is 35.9 Å². The van der Waals surface area contributed by atoms with Gasteiger partial charge in [-0.1, -0.05) is 28.1 Å². The molecule has 5 nitrogen and oxygen atoms in total. The van der Waals surface area contributed by atoms with Crippen LogP contribution in [0.15, 0.2) is 41.1 Å². The summed E-state index contributed by atoms with van der Waals surface area (Å²) < 4.78 is 7.59. The predicted octanol–water partition coefficient (Wildman–Crippen LogP) is 2.47. The van der Waals surface area contributed by atoms with Gasteiger partial charge in [-0.3, -0.25) is 9.48 Å². The van der Waals surface area contributed by atoms with Crippen LogP contribution in [0.25, 0.3) is 11.1 Å². The Morgan fingerprint density at radius 3 is 3.05 bits per heavy atom. The van der Waals surface area contributed by atoms with Gasteiger partial charge in [-0.2, -0.15) is 5.10 Å². The Bertz CT molecular complexity index is 598. The molecule has 0 aliphatic heterocycles. The molecule has 0 radical (unpaired) electrons. The molecule has 0 aliphatic rings. The molecule has 1 aromatic heterocycles. The summed E-state index contributed by atoms with van der Waals surface area (Å²) in [6.45, 7) is 1.49. The highest BCUT2D eigenvalue weighted by Gasteiger charge is 2.06. The average molecular weight is 352 g/mol. The van der Waals surface area contributed by atoms with Gasteiger partial charge in [0, 0.05) is 36.5 Å². The number of nitrogens with one attached hydrogen (secondary N) is 1. The van der Waals surface area contributed by atoms with Crippen LogP contribution in [0.1, 0.15) is 6.42 Å². The maximum Gasteiger partial charge on any atom is 0.241 e. The first kappa shape index (κ1) is 15.7. The Morgan fingerprint density at radius 2 is 2.29 bits per heavy atom. The molecule has 2 rings (SSSR count). The van der Waals surface area contributed by atoms with E-state index in [4.69, 9.17) is 4.74 Å². The largest absolute Gasteiger partial charge is 0.385 e. The summed E-state index contributed by atoms with van der Waals surface area (Å²) in [7, 11) is 1.65. The lowest BCUT2D eigenvalue weighted by Crippen LogP contribution is -2.29. The number of nitrogens with zero attached hydrogens (tertiary/aromatic N) is 2. The number of rotatable bonds is 7. The molecule has 0 atom stereocenters. The van der Waals surface area contributed by atoms with E-state index in [9.17, 15) is 4.79 Å². The molecule has 1 N–H and O–H groups in total. The Morgan fingerprint density at radius 1 is 1.43 bits per heavy atom. The van der Waals surface area contributed by atoms with Crippen molar-refractivity contribution in [3.05, 3.63) is 41.1 Å². The topological polar surface area (TPSA) is 56.1 Å². The molecule has 0 saturated carbocycles. The van der Waals surface area contributed by atoms with Gasteiger partial charge in [0.2, 0.25) is 5.91 Å². The number of hydrogen-bond donors (Lipinski definition) is 1. The molecule has 2 aromatic rings. The number of carbonyl (C=O) groups is 1. The fourth-order valence-electron chi connectivity index (χ4n) is 1.91. The van der Waals surface area contributed by atoms with E-state index in [0.29, 0.717) is 13.2 Å². The standard InChI is InChI=1S/C15H18BrN3O2/c1-21-7-3-6-17-15(20)11-19-10-13(9-18-19)12-4-2-5-14(16)8-12/h2,4-5,8-10H,3,6-7,11H2,1H3,(H,17,20). The van der Waals surface area contributed by atoms with E-state index >= 15 is 0 Å². The third kappa shape index (κ3) is 4.99. The molecule has 1 aromatic carbocycles. The maximum atomic E-state index is 11.8. The number of amides is 1. The van der Waals surface area contributed by atoms with Gasteiger partial charge in [0.05, 0.1) is 6.20 Å². The Hall–Kier alpha value is -1.66. The molecular weight excluding hydrogens is 334 g/mol. The minimum Gasteiger partial charge on any atom is -0.385 e. The number of halogens is 1. The third-order valence-electron chi connectivity index (χ3n) is 2.94. The first-order valence-corrected chi connectivity index (χ1v) is 7.52. The molecule has 1 amide bonds. The highest BCUT2D eigenvalue weighted by Crippen LogP contribution is 2.22. The predicted molar refractivity (Wildman–Crippen MR) is 84.9 cm³/mol. The number of ether oxygens (including phenoxy) is 1. The molecule has 0 aliphatic carbocycles. The SMILES string of the molecule is COCCCNC(=O)Cn1cc(-c2cccc(Br)c2)cn1. The Kier molecular flexibility index (Phi) is 5.95. The summed E-state index contributed by atoms with van der Waals surface area (Å²) >= 11 is 3.45. The molecule has 112 valence electrons. The van der Waals surface area contributed by atoms with Gasteiger partial charge in [-0.15, -0.1) is 0 Å². The van der Waals surface area contributed by atoms with Crippen molar-refractivity contribution in [2.45, 2.75) is 13.0 Å². The number of methoxy groups -OCH3 is 1. The molecule has 0 unspecified atom stereocenters. The quantitative estimate of drug-likeness (QED) is 0.779. The van der Waals surface area contributed by atoms with Crippen LogP contribution in [0.4, 0.5) is 0 Å². The molecule has 0 bridgehead atoms. The summed E-state index contributed by atoms with van der Waals surface area (Å²) in [5, 5.41) is 7.06. The summed E-state index contributed by atoms with van der Waals surface area (Å²) in [5.74, 6) is -0.0463. The van der Waals surface area contributed by atoms with Crippen molar-refractivity contribution in [1.82, 2.24) is 15.1 Å². The van der Waals surface area contributed by atoms with Crippen LogP contribution in [0.5, 0.6) is 0 Å². The van der Waals surface area contributed by atoms with Crippen LogP contribution in [0, 0.1) is 0 Å². The third-order valence-corrected chi connectivity index (χ3v) is 3.44. The van der Waals surface area contributed by atoms with Crippen molar-refractivity contribution in [3.63, 3.8) is 0 Å². The van der Waals surface area contributed by atoms with E-state index in [1.807, 2.05) is 30.5 Å². The summed E-state index contributed by atoms with van der Waals surface area (Å²) in [5.41, 5.74) is 2.06. The second kappa shape index (κ2) is 7.95. The zero-order valence-corrected chi connectivity index (χ0v) is 13.5. The van der Waals surface area contributed by atoms with Crippen molar-refractivity contribution in [3.8, 4) is 11.1 Å². The highest BCUT2D eigenvalue weighted by molar-refractivity contribution is 9.10. The number of carbonyl (C=O) groups excluding carboxylic acids is 1. The lowest BCUT2D eigenvalue weighted by molar-refractivity contribution is -0.121. The van der Waals surface area contributed by atoms with Gasteiger partial charge in [0.15, 0.2) is 0 Å². The van der Waals surface area contributed by atoms with Gasteiger partial charge >= 0.3 is 0 Å². The molecule has 6 heteroatoms. The van der Waals surface area contributed by atoms with Crippen molar-refractivity contribution < 1.29 is 9.53 Å². The van der Waals surface area contributed by atoms with E-state index in [1.54, 1.807) is 18.0 Å². The molecular formula is C15H18BrN3O2. The smallest absolute Gasteiger partial charge is 0.241 e. The van der Waals surface area contributed by atoms with Crippen molar-refractivity contribution >= 4 is 21.8 Å². The monoisotopic (exact) mass is 351 g/mol. The summed E-state index contributed by atoms with van der Waals surface area (Å²) in [4.78, 5) is 11.8. The lowest BCUT2D eigenvalue weighted by Gasteiger charge is -2.04. The summed E-state index contributed by atoms with van der Waals surface area (Å²) in [6, 6.07) is 7.98. The normalized spacial score (nSPS) is 10.6. The Labute approximate surface area is 132 Å².